The van der Waals surface area contributed by atoms with Crippen LogP contribution in [-0.4, -0.2) is 22.2 Å². The number of unbranched alkanes of at least 4 members (excludes halogenated alkanes) is 11. The molecule has 3 rings (SSSR count). The number of para-hydroxylation sites is 2. The van der Waals surface area contributed by atoms with Crippen molar-refractivity contribution in [1.29, 1.82) is 0 Å². The number of hydrogen-bond acceptors (Lipinski definition) is 2. The minimum atomic E-state index is 0.695. The standard InChI is InChI=1S/C25H41N3/c1-2-3-4-5-6-7-8-9-10-11-12-13-17-23-18-16-21-27(23)28-22-26-24-19-14-15-20-25(24)28/h14-15,19-20,22-23H,2-13,16-18,21H2,1H3/t23-/m0/s1. The van der Waals surface area contributed by atoms with Gasteiger partial charge in [0.1, 0.15) is 6.33 Å². The highest BCUT2D eigenvalue weighted by Gasteiger charge is 2.25. The third-order valence-corrected chi connectivity index (χ3v) is 6.45. The maximum Gasteiger partial charge on any atom is 0.116 e. The summed E-state index contributed by atoms with van der Waals surface area (Å²) in [7, 11) is 0. The molecular formula is C25H41N3. The van der Waals surface area contributed by atoms with Crippen molar-refractivity contribution in [2.24, 2.45) is 0 Å². The zero-order valence-electron chi connectivity index (χ0n) is 18.1. The molecule has 2 aromatic rings. The Balaban J connectivity index is 1.27. The lowest BCUT2D eigenvalue weighted by Crippen LogP contribution is -2.38. The van der Waals surface area contributed by atoms with E-state index in [0.717, 1.165) is 5.52 Å². The molecule has 0 aliphatic carbocycles. The summed E-state index contributed by atoms with van der Waals surface area (Å²) in [6, 6.07) is 9.20. The van der Waals surface area contributed by atoms with Gasteiger partial charge in [-0.05, 0) is 31.4 Å². The molecule has 3 heteroatoms. The lowest BCUT2D eigenvalue weighted by atomic mass is 10.0. The molecule has 1 fully saturated rings. The highest BCUT2D eigenvalue weighted by atomic mass is 15.6. The number of imidazole rings is 1. The Morgan fingerprint density at radius 3 is 2.21 bits per heavy atom. The molecule has 1 atom stereocenters. The van der Waals surface area contributed by atoms with E-state index in [1.807, 2.05) is 6.33 Å². The third-order valence-electron chi connectivity index (χ3n) is 6.45. The van der Waals surface area contributed by atoms with E-state index in [2.05, 4.69) is 45.9 Å². The van der Waals surface area contributed by atoms with Crippen LogP contribution in [0.25, 0.3) is 11.0 Å². The molecule has 0 N–H and O–H groups in total. The van der Waals surface area contributed by atoms with Crippen molar-refractivity contribution in [3.63, 3.8) is 0 Å². The molecule has 0 saturated carbocycles. The van der Waals surface area contributed by atoms with Gasteiger partial charge in [-0.3, -0.25) is 0 Å². The third kappa shape index (κ3) is 6.25. The van der Waals surface area contributed by atoms with Gasteiger partial charge in [-0.25, -0.2) is 9.66 Å². The predicted molar refractivity (Wildman–Crippen MR) is 122 cm³/mol. The fraction of sp³-hybridized carbons (Fsp3) is 0.720. The van der Waals surface area contributed by atoms with Crippen LogP contribution in [0.5, 0.6) is 0 Å². The minimum absolute atomic E-state index is 0.695. The normalized spacial score (nSPS) is 17.0. The van der Waals surface area contributed by atoms with Gasteiger partial charge in [0.2, 0.25) is 0 Å². The number of benzene rings is 1. The number of rotatable bonds is 14. The lowest BCUT2D eigenvalue weighted by Gasteiger charge is -2.28. The number of hydrogen-bond donors (Lipinski definition) is 0. The quantitative estimate of drug-likeness (QED) is 0.321. The first kappa shape index (κ1) is 21.2. The molecule has 156 valence electrons. The summed E-state index contributed by atoms with van der Waals surface area (Å²) in [6.45, 7) is 3.47. The molecule has 1 saturated heterocycles. The van der Waals surface area contributed by atoms with Gasteiger partial charge in [-0.2, -0.15) is 0 Å². The van der Waals surface area contributed by atoms with Crippen LogP contribution in [0.2, 0.25) is 0 Å². The summed E-state index contributed by atoms with van der Waals surface area (Å²) >= 11 is 0. The largest absolute Gasteiger partial charge is 0.308 e. The number of aromatic nitrogens is 2. The van der Waals surface area contributed by atoms with Crippen molar-refractivity contribution in [3.8, 4) is 0 Å². The molecule has 0 spiro atoms. The summed E-state index contributed by atoms with van der Waals surface area (Å²) in [5.41, 5.74) is 2.36. The zero-order valence-corrected chi connectivity index (χ0v) is 18.1. The fourth-order valence-corrected chi connectivity index (χ4v) is 4.77. The Kier molecular flexibility index (Phi) is 9.19. The SMILES string of the molecule is CCCCCCCCCCCCCC[C@H]1CCCN1n1cnc2ccccc21. The monoisotopic (exact) mass is 383 g/mol. The Hall–Kier alpha value is -1.51. The topological polar surface area (TPSA) is 21.1 Å². The van der Waals surface area contributed by atoms with Gasteiger partial charge >= 0.3 is 0 Å². The second kappa shape index (κ2) is 12.1. The molecule has 28 heavy (non-hydrogen) atoms. The van der Waals surface area contributed by atoms with Gasteiger partial charge in [0.05, 0.1) is 11.0 Å². The maximum atomic E-state index is 4.58. The van der Waals surface area contributed by atoms with Crippen LogP contribution in [0.4, 0.5) is 0 Å². The number of fused-ring (bicyclic) bond motifs is 1. The fourth-order valence-electron chi connectivity index (χ4n) is 4.77. The smallest absolute Gasteiger partial charge is 0.116 e. The van der Waals surface area contributed by atoms with Crippen LogP contribution in [0, 0.1) is 0 Å². The molecule has 1 aliphatic heterocycles. The maximum absolute atomic E-state index is 4.58. The summed E-state index contributed by atoms with van der Waals surface area (Å²) in [6.07, 6.45) is 23.2. The Morgan fingerprint density at radius 1 is 0.857 bits per heavy atom. The molecule has 3 nitrogen and oxygen atoms in total. The van der Waals surface area contributed by atoms with E-state index < -0.39 is 0 Å². The second-order valence-corrected chi connectivity index (χ2v) is 8.71. The van der Waals surface area contributed by atoms with Crippen molar-refractivity contribution in [2.75, 3.05) is 11.6 Å². The first-order chi connectivity index (χ1) is 13.9. The molecule has 0 unspecified atom stereocenters. The molecule has 1 aromatic heterocycles. The predicted octanol–water partition coefficient (Wildman–Crippen LogP) is 7.23. The van der Waals surface area contributed by atoms with Crippen molar-refractivity contribution in [2.45, 2.75) is 109 Å². The van der Waals surface area contributed by atoms with Crippen LogP contribution in [-0.2, 0) is 0 Å². The van der Waals surface area contributed by atoms with E-state index >= 15 is 0 Å². The zero-order chi connectivity index (χ0) is 19.4. The van der Waals surface area contributed by atoms with Crippen LogP contribution in [0.3, 0.4) is 0 Å². The molecule has 0 amide bonds. The highest BCUT2D eigenvalue weighted by Crippen LogP contribution is 2.24. The minimum Gasteiger partial charge on any atom is -0.308 e. The summed E-state index contributed by atoms with van der Waals surface area (Å²) in [5, 5.41) is 2.56. The van der Waals surface area contributed by atoms with Crippen molar-refractivity contribution >= 4 is 11.0 Å². The Bertz CT molecular complexity index is 663. The van der Waals surface area contributed by atoms with Crippen LogP contribution in [0.1, 0.15) is 103 Å². The first-order valence-electron chi connectivity index (χ1n) is 12.1. The average Bonchev–Trinajstić information content (AvgIpc) is 3.35. The molecule has 0 radical (unpaired) electrons. The van der Waals surface area contributed by atoms with E-state index in [1.165, 1.54) is 108 Å². The van der Waals surface area contributed by atoms with Crippen LogP contribution in [0.15, 0.2) is 30.6 Å². The molecule has 1 aliphatic rings. The van der Waals surface area contributed by atoms with E-state index in [0.29, 0.717) is 6.04 Å². The van der Waals surface area contributed by atoms with Gasteiger partial charge in [-0.1, -0.05) is 96.1 Å². The van der Waals surface area contributed by atoms with E-state index in [4.69, 9.17) is 0 Å². The van der Waals surface area contributed by atoms with E-state index in [-0.39, 0.29) is 0 Å². The second-order valence-electron chi connectivity index (χ2n) is 8.71. The van der Waals surface area contributed by atoms with Crippen molar-refractivity contribution in [3.05, 3.63) is 30.6 Å². The summed E-state index contributed by atoms with van der Waals surface area (Å²) < 4.78 is 2.31. The molecule has 2 heterocycles. The van der Waals surface area contributed by atoms with Crippen LogP contribution >= 0.6 is 0 Å². The first-order valence-corrected chi connectivity index (χ1v) is 12.1. The van der Waals surface area contributed by atoms with Gasteiger partial charge in [0, 0.05) is 12.6 Å². The van der Waals surface area contributed by atoms with Gasteiger partial charge in [0.15, 0.2) is 0 Å². The van der Waals surface area contributed by atoms with Gasteiger partial charge in [0.25, 0.3) is 0 Å². The average molecular weight is 384 g/mol. The van der Waals surface area contributed by atoms with Crippen LogP contribution < -0.4 is 5.01 Å². The molecule has 0 bridgehead atoms. The van der Waals surface area contributed by atoms with Crippen molar-refractivity contribution < 1.29 is 0 Å². The van der Waals surface area contributed by atoms with E-state index in [1.54, 1.807) is 0 Å². The Morgan fingerprint density at radius 2 is 1.50 bits per heavy atom. The summed E-state index contributed by atoms with van der Waals surface area (Å²) in [4.78, 5) is 4.58. The molecule has 1 aromatic carbocycles. The van der Waals surface area contributed by atoms with Gasteiger partial charge in [-0.15, -0.1) is 0 Å². The summed E-state index contributed by atoms with van der Waals surface area (Å²) in [5.74, 6) is 0. The van der Waals surface area contributed by atoms with Gasteiger partial charge < -0.3 is 5.01 Å². The number of nitrogens with zero attached hydrogens (tertiary/aromatic N) is 3. The molecular weight excluding hydrogens is 342 g/mol. The van der Waals surface area contributed by atoms with E-state index in [9.17, 15) is 0 Å². The highest BCUT2D eigenvalue weighted by molar-refractivity contribution is 5.75. The lowest BCUT2D eigenvalue weighted by molar-refractivity contribution is 0.479. The van der Waals surface area contributed by atoms with Crippen molar-refractivity contribution in [1.82, 2.24) is 9.66 Å². The Labute approximate surface area is 172 Å².